The summed E-state index contributed by atoms with van der Waals surface area (Å²) in [5.74, 6) is 2.34. The van der Waals surface area contributed by atoms with Crippen molar-refractivity contribution in [3.8, 4) is 0 Å². The van der Waals surface area contributed by atoms with Gasteiger partial charge in [0.25, 0.3) is 6.47 Å². The first kappa shape index (κ1) is 6.04. The van der Waals surface area contributed by atoms with Gasteiger partial charge in [0, 0.05) is 5.92 Å². The number of hydrogen-bond acceptors (Lipinski definition) is 2. The maximum Gasteiger partial charge on any atom is 0.293 e. The lowest BCUT2D eigenvalue weighted by molar-refractivity contribution is -0.135. The molecule has 4 rings (SSSR count). The summed E-state index contributed by atoms with van der Waals surface area (Å²) in [6, 6.07) is 0. The van der Waals surface area contributed by atoms with Gasteiger partial charge in [-0.15, -0.1) is 0 Å². The lowest BCUT2D eigenvalue weighted by Crippen LogP contribution is -2.15. The minimum absolute atomic E-state index is 0.294. The Labute approximate surface area is 65.9 Å². The van der Waals surface area contributed by atoms with Crippen LogP contribution in [0.3, 0.4) is 0 Å². The van der Waals surface area contributed by atoms with Crippen molar-refractivity contribution < 1.29 is 9.53 Å². The van der Waals surface area contributed by atoms with Crippen molar-refractivity contribution >= 4 is 6.47 Å². The van der Waals surface area contributed by atoms with E-state index in [0.29, 0.717) is 23.9 Å². The van der Waals surface area contributed by atoms with E-state index in [0.717, 1.165) is 11.8 Å². The molecule has 4 bridgehead atoms. The molecule has 4 aliphatic carbocycles. The van der Waals surface area contributed by atoms with Crippen LogP contribution >= 0.6 is 0 Å². The Balaban J connectivity index is 1.88. The largest absolute Gasteiger partial charge is 0.464 e. The monoisotopic (exact) mass is 152 g/mol. The molecule has 2 nitrogen and oxygen atoms in total. The highest BCUT2D eigenvalue weighted by Gasteiger charge is 2.77. The highest BCUT2D eigenvalue weighted by molar-refractivity contribution is 5.40. The zero-order valence-electron chi connectivity index (χ0n) is 6.62. The van der Waals surface area contributed by atoms with Gasteiger partial charge in [-0.2, -0.15) is 0 Å². The van der Waals surface area contributed by atoms with Crippen LogP contribution in [0.25, 0.3) is 0 Å². The molecule has 0 amide bonds. The number of rotatable bonds is 2. The summed E-state index contributed by atoms with van der Waals surface area (Å²) in [6.45, 7) is 2.97. The van der Waals surface area contributed by atoms with Gasteiger partial charge in [-0.3, -0.25) is 4.79 Å². The minimum atomic E-state index is 0.294. The zero-order valence-corrected chi connectivity index (χ0v) is 6.62. The van der Waals surface area contributed by atoms with Crippen LogP contribution in [0.4, 0.5) is 0 Å². The zero-order chi connectivity index (χ0) is 7.64. The highest BCUT2D eigenvalue weighted by atomic mass is 16.5. The standard InChI is InChI=1S/C9H12O2/c1-9-3-5-2-6(9)7(9)8(5)11-4-10/h4-8H,2-3H2,1H3/t5-,6-,7-,8-,9+/m1/s1. The third-order valence-corrected chi connectivity index (χ3v) is 4.22. The van der Waals surface area contributed by atoms with E-state index in [1.54, 1.807) is 0 Å². The molecule has 60 valence electrons. The molecule has 0 aromatic rings. The molecule has 4 fully saturated rings. The van der Waals surface area contributed by atoms with E-state index in [2.05, 4.69) is 6.92 Å². The minimum Gasteiger partial charge on any atom is -0.464 e. The molecule has 2 heteroatoms. The third kappa shape index (κ3) is 0.472. The smallest absolute Gasteiger partial charge is 0.293 e. The van der Waals surface area contributed by atoms with Gasteiger partial charge in [0.1, 0.15) is 6.10 Å². The highest BCUT2D eigenvalue weighted by Crippen LogP contribution is 2.79. The second-order valence-electron chi connectivity index (χ2n) is 4.53. The molecule has 0 spiro atoms. The van der Waals surface area contributed by atoms with Crippen molar-refractivity contribution in [3.05, 3.63) is 0 Å². The third-order valence-electron chi connectivity index (χ3n) is 4.22. The fourth-order valence-electron chi connectivity index (χ4n) is 3.78. The van der Waals surface area contributed by atoms with Gasteiger partial charge >= 0.3 is 0 Å². The lowest BCUT2D eigenvalue weighted by atomic mass is 10.1. The van der Waals surface area contributed by atoms with Crippen molar-refractivity contribution in [1.82, 2.24) is 0 Å². The topological polar surface area (TPSA) is 26.3 Å². The summed E-state index contributed by atoms with van der Waals surface area (Å²) in [5.41, 5.74) is 0.582. The predicted octanol–water partition coefficient (Wildman–Crippen LogP) is 1.20. The molecule has 0 N–H and O–H groups in total. The molecule has 0 aromatic heterocycles. The van der Waals surface area contributed by atoms with Gasteiger partial charge in [-0.05, 0) is 30.1 Å². The molecule has 0 unspecified atom stereocenters. The normalized spacial score (nSPS) is 63.0. The van der Waals surface area contributed by atoms with Crippen LogP contribution in [-0.4, -0.2) is 12.6 Å². The first-order chi connectivity index (χ1) is 5.27. The number of carbonyl (C=O) groups excluding carboxylic acids is 1. The van der Waals surface area contributed by atoms with Crippen molar-refractivity contribution in [3.63, 3.8) is 0 Å². The second-order valence-corrected chi connectivity index (χ2v) is 4.53. The molecule has 11 heavy (non-hydrogen) atoms. The Hall–Kier alpha value is -0.530. The average Bonchev–Trinajstić information content (AvgIpc) is 2.37. The van der Waals surface area contributed by atoms with Crippen molar-refractivity contribution in [1.29, 1.82) is 0 Å². The molecule has 4 saturated carbocycles. The number of hydrogen-bond donors (Lipinski definition) is 0. The first-order valence-corrected chi connectivity index (χ1v) is 4.36. The SMILES string of the molecule is C[C@]12C[C@H]3C[C@@H]1[C@@H]2[C@@H]3OC=O. The summed E-state index contributed by atoms with van der Waals surface area (Å²) < 4.78 is 5.10. The Morgan fingerprint density at radius 3 is 2.82 bits per heavy atom. The second kappa shape index (κ2) is 1.47. The molecule has 0 radical (unpaired) electrons. The molecule has 4 aliphatic rings. The molecule has 0 saturated heterocycles. The average molecular weight is 152 g/mol. The van der Waals surface area contributed by atoms with Gasteiger partial charge in [-0.1, -0.05) is 6.92 Å². The van der Waals surface area contributed by atoms with E-state index < -0.39 is 0 Å². The van der Waals surface area contributed by atoms with Crippen molar-refractivity contribution in [2.24, 2.45) is 23.2 Å². The van der Waals surface area contributed by atoms with Crippen molar-refractivity contribution in [2.45, 2.75) is 25.9 Å². The van der Waals surface area contributed by atoms with Gasteiger partial charge in [-0.25, -0.2) is 0 Å². The van der Waals surface area contributed by atoms with Crippen LogP contribution < -0.4 is 0 Å². The molecule has 0 heterocycles. The fourth-order valence-corrected chi connectivity index (χ4v) is 3.78. The molecular weight excluding hydrogens is 140 g/mol. The summed E-state index contributed by atoms with van der Waals surface area (Å²) >= 11 is 0. The Bertz CT molecular complexity index is 226. The molecule has 0 aromatic carbocycles. The first-order valence-electron chi connectivity index (χ1n) is 4.36. The summed E-state index contributed by atoms with van der Waals surface area (Å²) in [4.78, 5) is 10.2. The van der Waals surface area contributed by atoms with Crippen LogP contribution in [0, 0.1) is 23.2 Å². The predicted molar refractivity (Wildman–Crippen MR) is 38.7 cm³/mol. The maximum absolute atomic E-state index is 10.2. The van der Waals surface area contributed by atoms with E-state index in [9.17, 15) is 4.79 Å². The van der Waals surface area contributed by atoms with Crippen LogP contribution in [-0.2, 0) is 9.53 Å². The lowest BCUT2D eigenvalue weighted by Gasteiger charge is -2.10. The van der Waals surface area contributed by atoms with Crippen LogP contribution in [0.5, 0.6) is 0 Å². The molecular formula is C9H12O2. The Kier molecular flexibility index (Phi) is 0.809. The van der Waals surface area contributed by atoms with Gasteiger partial charge < -0.3 is 4.74 Å². The molecule has 5 atom stereocenters. The summed E-state index contributed by atoms with van der Waals surface area (Å²) in [7, 11) is 0. The van der Waals surface area contributed by atoms with Gasteiger partial charge in [0.15, 0.2) is 0 Å². The van der Waals surface area contributed by atoms with E-state index >= 15 is 0 Å². The van der Waals surface area contributed by atoms with Crippen LogP contribution in [0.1, 0.15) is 19.8 Å². The number of ether oxygens (including phenoxy) is 1. The maximum atomic E-state index is 10.2. The van der Waals surface area contributed by atoms with Crippen molar-refractivity contribution in [2.75, 3.05) is 0 Å². The van der Waals surface area contributed by atoms with E-state index in [-0.39, 0.29) is 0 Å². The van der Waals surface area contributed by atoms with Gasteiger partial charge in [0.05, 0.1) is 0 Å². The van der Waals surface area contributed by atoms with E-state index in [1.165, 1.54) is 12.8 Å². The number of carbonyl (C=O) groups is 1. The summed E-state index contributed by atoms with van der Waals surface area (Å²) in [5, 5.41) is 0. The Morgan fingerprint density at radius 2 is 2.45 bits per heavy atom. The van der Waals surface area contributed by atoms with Crippen LogP contribution in [0.15, 0.2) is 0 Å². The summed E-state index contributed by atoms with van der Waals surface area (Å²) in [6.07, 6.45) is 2.92. The molecule has 0 aliphatic heterocycles. The van der Waals surface area contributed by atoms with E-state index in [1.807, 2.05) is 0 Å². The van der Waals surface area contributed by atoms with E-state index in [4.69, 9.17) is 4.74 Å². The Morgan fingerprint density at radius 1 is 1.64 bits per heavy atom. The van der Waals surface area contributed by atoms with Gasteiger partial charge in [0.2, 0.25) is 0 Å². The van der Waals surface area contributed by atoms with Crippen LogP contribution in [0.2, 0.25) is 0 Å². The quantitative estimate of drug-likeness (QED) is 0.556. The fraction of sp³-hybridized carbons (Fsp3) is 0.889.